The van der Waals surface area contributed by atoms with Gasteiger partial charge in [-0.25, -0.2) is 14.4 Å². The van der Waals surface area contributed by atoms with E-state index in [2.05, 4.69) is 37.2 Å². The molecule has 1 aliphatic heterocycles. The highest BCUT2D eigenvalue weighted by atomic mass is 19.1. The maximum atomic E-state index is 15.2. The summed E-state index contributed by atoms with van der Waals surface area (Å²) in [6, 6.07) is 4.96. The Labute approximate surface area is 203 Å². The van der Waals surface area contributed by atoms with Gasteiger partial charge in [0.2, 0.25) is 5.82 Å². The average molecular weight is 482 g/mol. The van der Waals surface area contributed by atoms with E-state index in [1.165, 1.54) is 6.07 Å². The van der Waals surface area contributed by atoms with E-state index < -0.39 is 17.5 Å². The van der Waals surface area contributed by atoms with Crippen LogP contribution in [0.1, 0.15) is 19.5 Å². The van der Waals surface area contributed by atoms with Gasteiger partial charge in [-0.3, -0.25) is 0 Å². The molecule has 0 spiro atoms. The van der Waals surface area contributed by atoms with Crippen LogP contribution in [0.3, 0.4) is 0 Å². The number of ether oxygens (including phenoxy) is 1. The zero-order valence-electron chi connectivity index (χ0n) is 20.1. The standard InChI is InChI=1S/C25H29F2N7O/c1-5-34-17(3)14-18-19(34)7-8-20(22(18)26)35-25-23(27)24(30-15-31-25)32-21(28-4)9-6-16(2)33-12-10-29-11-13-33/h6-9,14-15,29H,4-5,10-13H2,1-3H3,(H,30,31,32)/b16-6+,21-9+. The van der Waals surface area contributed by atoms with E-state index in [1.807, 2.05) is 31.4 Å². The number of aliphatic imine (C=N–C) groups is 1. The average Bonchev–Trinajstić information content (AvgIpc) is 3.21. The minimum atomic E-state index is -0.869. The Morgan fingerprint density at radius 1 is 1.23 bits per heavy atom. The highest BCUT2D eigenvalue weighted by Crippen LogP contribution is 2.33. The quantitative estimate of drug-likeness (QED) is 0.362. The van der Waals surface area contributed by atoms with E-state index in [0.717, 1.165) is 49.4 Å². The van der Waals surface area contributed by atoms with Gasteiger partial charge in [0.1, 0.15) is 12.1 Å². The number of anilines is 1. The van der Waals surface area contributed by atoms with Gasteiger partial charge < -0.3 is 24.8 Å². The van der Waals surface area contributed by atoms with E-state index in [0.29, 0.717) is 17.8 Å². The molecule has 0 unspecified atom stereocenters. The van der Waals surface area contributed by atoms with Gasteiger partial charge in [0, 0.05) is 49.5 Å². The summed E-state index contributed by atoms with van der Waals surface area (Å²) in [4.78, 5) is 14.0. The molecule has 0 bridgehead atoms. The van der Waals surface area contributed by atoms with Crippen molar-refractivity contribution in [2.75, 3.05) is 31.5 Å². The molecule has 2 aromatic heterocycles. The molecule has 1 aliphatic rings. The van der Waals surface area contributed by atoms with Crippen LogP contribution in [-0.2, 0) is 6.54 Å². The highest BCUT2D eigenvalue weighted by Gasteiger charge is 2.19. The monoisotopic (exact) mass is 481 g/mol. The minimum absolute atomic E-state index is 0.124. The van der Waals surface area contributed by atoms with Crippen molar-refractivity contribution in [3.05, 3.63) is 65.5 Å². The van der Waals surface area contributed by atoms with Crippen LogP contribution in [0.25, 0.3) is 10.9 Å². The number of benzene rings is 1. The number of allylic oxidation sites excluding steroid dienone is 3. The third-order valence-electron chi connectivity index (χ3n) is 5.99. The van der Waals surface area contributed by atoms with E-state index in [9.17, 15) is 0 Å². The van der Waals surface area contributed by atoms with Gasteiger partial charge in [-0.15, -0.1) is 0 Å². The number of nitrogens with one attached hydrogen (secondary N) is 2. The molecule has 1 aromatic carbocycles. The maximum Gasteiger partial charge on any atom is 0.261 e. The van der Waals surface area contributed by atoms with Crippen LogP contribution in [0.15, 0.2) is 53.2 Å². The molecule has 0 aliphatic carbocycles. The van der Waals surface area contributed by atoms with Gasteiger partial charge in [0.05, 0.1) is 5.52 Å². The Bertz CT molecular complexity index is 1290. The lowest BCUT2D eigenvalue weighted by Gasteiger charge is -2.29. The highest BCUT2D eigenvalue weighted by molar-refractivity contribution is 5.83. The first-order valence-corrected chi connectivity index (χ1v) is 11.5. The topological polar surface area (TPSA) is 79.6 Å². The molecule has 3 aromatic rings. The molecule has 184 valence electrons. The number of fused-ring (bicyclic) bond motifs is 1. The smallest absolute Gasteiger partial charge is 0.261 e. The summed E-state index contributed by atoms with van der Waals surface area (Å²) >= 11 is 0. The van der Waals surface area contributed by atoms with E-state index in [1.54, 1.807) is 18.2 Å². The lowest BCUT2D eigenvalue weighted by Crippen LogP contribution is -2.42. The SMILES string of the molecule is C=N/C(=C\C=C(/C)N1CCNCC1)Nc1ncnc(Oc2ccc3c(cc(C)n3CC)c2F)c1F. The van der Waals surface area contributed by atoms with Crippen LogP contribution < -0.4 is 15.4 Å². The molecule has 35 heavy (non-hydrogen) atoms. The van der Waals surface area contributed by atoms with Crippen molar-refractivity contribution in [2.24, 2.45) is 4.99 Å². The molecule has 4 rings (SSSR count). The van der Waals surface area contributed by atoms with Gasteiger partial charge >= 0.3 is 0 Å². The van der Waals surface area contributed by atoms with Crippen LogP contribution in [0.4, 0.5) is 14.6 Å². The molecule has 0 amide bonds. The van der Waals surface area contributed by atoms with Gasteiger partial charge in [0.15, 0.2) is 17.4 Å². The molecule has 0 atom stereocenters. The summed E-state index contributed by atoms with van der Waals surface area (Å²) in [5, 5.41) is 6.51. The normalized spacial score (nSPS) is 14.9. The third kappa shape index (κ3) is 5.17. The first kappa shape index (κ1) is 24.3. The largest absolute Gasteiger partial charge is 0.433 e. The molecule has 10 heteroatoms. The van der Waals surface area contributed by atoms with Gasteiger partial charge in [-0.05, 0) is 57.8 Å². The van der Waals surface area contributed by atoms with Crippen molar-refractivity contribution in [2.45, 2.75) is 27.3 Å². The van der Waals surface area contributed by atoms with Crippen molar-refractivity contribution >= 4 is 23.4 Å². The summed E-state index contributed by atoms with van der Waals surface area (Å²) in [7, 11) is 0. The number of hydrogen-bond donors (Lipinski definition) is 2. The summed E-state index contributed by atoms with van der Waals surface area (Å²) < 4.78 is 37.8. The van der Waals surface area contributed by atoms with Gasteiger partial charge in [-0.2, -0.15) is 9.37 Å². The van der Waals surface area contributed by atoms with Crippen molar-refractivity contribution in [3.8, 4) is 11.6 Å². The molecule has 2 N–H and O–H groups in total. The lowest BCUT2D eigenvalue weighted by molar-refractivity contribution is 0.300. The number of hydrogen-bond acceptors (Lipinski definition) is 7. The number of aryl methyl sites for hydroxylation is 2. The second-order valence-corrected chi connectivity index (χ2v) is 8.16. The minimum Gasteiger partial charge on any atom is -0.433 e. The van der Waals surface area contributed by atoms with Crippen molar-refractivity contribution < 1.29 is 13.5 Å². The fourth-order valence-corrected chi connectivity index (χ4v) is 4.10. The Balaban J connectivity index is 1.55. The van der Waals surface area contributed by atoms with Crippen LogP contribution >= 0.6 is 0 Å². The predicted molar refractivity (Wildman–Crippen MR) is 134 cm³/mol. The van der Waals surface area contributed by atoms with Crippen LogP contribution in [0.2, 0.25) is 0 Å². The molecule has 3 heterocycles. The Morgan fingerprint density at radius 2 is 2.00 bits per heavy atom. The number of rotatable bonds is 8. The first-order chi connectivity index (χ1) is 16.9. The molecule has 0 radical (unpaired) electrons. The van der Waals surface area contributed by atoms with E-state index in [-0.39, 0.29) is 11.6 Å². The maximum absolute atomic E-state index is 15.2. The predicted octanol–water partition coefficient (Wildman–Crippen LogP) is 4.59. The van der Waals surface area contributed by atoms with Crippen LogP contribution in [0.5, 0.6) is 11.6 Å². The third-order valence-corrected chi connectivity index (χ3v) is 5.99. The summed E-state index contributed by atoms with van der Waals surface area (Å²) in [6.07, 6.45) is 4.71. The number of aromatic nitrogens is 3. The zero-order chi connectivity index (χ0) is 24.9. The lowest BCUT2D eigenvalue weighted by atomic mass is 10.2. The van der Waals surface area contributed by atoms with Gasteiger partial charge in [-0.1, -0.05) is 0 Å². The first-order valence-electron chi connectivity index (χ1n) is 11.5. The fraction of sp³-hybridized carbons (Fsp3) is 0.320. The summed E-state index contributed by atoms with van der Waals surface area (Å²) in [5.74, 6) is -1.83. The van der Waals surface area contributed by atoms with E-state index >= 15 is 8.78 Å². The van der Waals surface area contributed by atoms with Crippen LogP contribution in [0, 0.1) is 18.6 Å². The molecule has 1 saturated heterocycles. The van der Waals surface area contributed by atoms with E-state index in [4.69, 9.17) is 4.74 Å². The Hall–Kier alpha value is -3.79. The summed E-state index contributed by atoms with van der Waals surface area (Å²) in [6.45, 7) is 13.8. The summed E-state index contributed by atoms with van der Waals surface area (Å²) in [5.41, 5.74) is 2.73. The molecule has 8 nitrogen and oxygen atoms in total. The number of halogens is 2. The molecule has 0 saturated carbocycles. The fourth-order valence-electron chi connectivity index (χ4n) is 4.10. The van der Waals surface area contributed by atoms with Crippen molar-refractivity contribution in [3.63, 3.8) is 0 Å². The molecule has 1 fully saturated rings. The second-order valence-electron chi connectivity index (χ2n) is 8.16. The molecular weight excluding hydrogens is 452 g/mol. The zero-order valence-corrected chi connectivity index (χ0v) is 20.1. The van der Waals surface area contributed by atoms with Crippen LogP contribution in [-0.4, -0.2) is 52.3 Å². The second kappa shape index (κ2) is 10.6. The number of piperazine rings is 1. The van der Waals surface area contributed by atoms with Gasteiger partial charge in [0.25, 0.3) is 5.88 Å². The van der Waals surface area contributed by atoms with Crippen molar-refractivity contribution in [1.82, 2.24) is 24.8 Å². The number of nitrogens with zero attached hydrogens (tertiary/aromatic N) is 5. The Kier molecular flexibility index (Phi) is 7.40. The van der Waals surface area contributed by atoms with Crippen molar-refractivity contribution in [1.29, 1.82) is 0 Å². The molecular formula is C25H29F2N7O. The Morgan fingerprint density at radius 3 is 2.71 bits per heavy atom.